The van der Waals surface area contributed by atoms with Gasteiger partial charge >= 0.3 is 6.03 Å². The predicted octanol–water partition coefficient (Wildman–Crippen LogP) is -0.713. The average molecular weight is 193 g/mol. The van der Waals surface area contributed by atoms with Crippen LogP contribution in [0.1, 0.15) is 0 Å². The Morgan fingerprint density at radius 1 is 1.43 bits per heavy atom. The van der Waals surface area contributed by atoms with E-state index in [1.807, 2.05) is 0 Å². The Bertz CT molecular complexity index is 372. The van der Waals surface area contributed by atoms with E-state index >= 15 is 0 Å². The van der Waals surface area contributed by atoms with E-state index in [-0.39, 0.29) is 5.70 Å². The summed E-state index contributed by atoms with van der Waals surface area (Å²) < 4.78 is 0. The molecule has 0 spiro atoms. The SMILES string of the molecule is C=C1C(=O)NC(=O)N1N1N=CC=CN1. The first kappa shape index (κ1) is 8.30. The molecule has 2 rings (SSSR count). The fourth-order valence-electron chi connectivity index (χ4n) is 1.04. The lowest BCUT2D eigenvalue weighted by molar-refractivity contribution is -0.117. The first-order chi connectivity index (χ1) is 6.70. The highest BCUT2D eigenvalue weighted by molar-refractivity contribution is 6.11. The zero-order valence-corrected chi connectivity index (χ0v) is 7.10. The number of hydrazone groups is 1. The average Bonchev–Trinajstić information content (AvgIpc) is 2.43. The largest absolute Gasteiger partial charge is 0.351 e. The van der Waals surface area contributed by atoms with Gasteiger partial charge in [0.25, 0.3) is 5.91 Å². The molecule has 1 saturated heterocycles. The third-order valence-corrected chi connectivity index (χ3v) is 1.67. The van der Waals surface area contributed by atoms with Crippen LogP contribution in [-0.4, -0.2) is 28.4 Å². The molecule has 0 atom stereocenters. The lowest BCUT2D eigenvalue weighted by Crippen LogP contribution is -2.47. The molecule has 2 N–H and O–H groups in total. The summed E-state index contributed by atoms with van der Waals surface area (Å²) in [6.07, 6.45) is 4.69. The van der Waals surface area contributed by atoms with Crippen molar-refractivity contribution in [3.63, 3.8) is 0 Å². The second-order valence-electron chi connectivity index (χ2n) is 2.56. The number of hydrazine groups is 2. The molecule has 0 radical (unpaired) electrons. The molecule has 0 aliphatic carbocycles. The van der Waals surface area contributed by atoms with E-state index in [1.54, 1.807) is 12.3 Å². The molecular weight excluding hydrogens is 186 g/mol. The zero-order chi connectivity index (χ0) is 10.1. The van der Waals surface area contributed by atoms with Crippen molar-refractivity contribution < 1.29 is 9.59 Å². The second-order valence-corrected chi connectivity index (χ2v) is 2.56. The summed E-state index contributed by atoms with van der Waals surface area (Å²) in [6.45, 7) is 3.46. The van der Waals surface area contributed by atoms with Crippen molar-refractivity contribution in [3.8, 4) is 0 Å². The number of imide groups is 1. The minimum atomic E-state index is -0.583. The summed E-state index contributed by atoms with van der Waals surface area (Å²) in [5, 5.41) is 8.01. The minimum absolute atomic E-state index is 0.0231. The number of hydrogen-bond acceptors (Lipinski definition) is 5. The van der Waals surface area contributed by atoms with Crippen molar-refractivity contribution >= 4 is 18.2 Å². The molecule has 0 aromatic heterocycles. The van der Waals surface area contributed by atoms with E-state index in [0.29, 0.717) is 0 Å². The van der Waals surface area contributed by atoms with Crippen molar-refractivity contribution in [2.24, 2.45) is 5.10 Å². The van der Waals surface area contributed by atoms with Gasteiger partial charge in [-0.15, -0.1) is 5.10 Å². The van der Waals surface area contributed by atoms with E-state index < -0.39 is 11.9 Å². The van der Waals surface area contributed by atoms with Crippen LogP contribution in [0.4, 0.5) is 4.79 Å². The maximum Gasteiger partial charge on any atom is 0.351 e. The number of rotatable bonds is 1. The topological polar surface area (TPSA) is 77.0 Å². The molecule has 0 saturated carbocycles. The van der Waals surface area contributed by atoms with Crippen LogP contribution in [0.5, 0.6) is 0 Å². The van der Waals surface area contributed by atoms with Crippen LogP contribution in [0.3, 0.4) is 0 Å². The molecule has 2 aliphatic rings. The Kier molecular flexibility index (Phi) is 1.70. The Hall–Kier alpha value is -2.31. The van der Waals surface area contributed by atoms with E-state index in [0.717, 1.165) is 10.2 Å². The molecule has 2 heterocycles. The zero-order valence-electron chi connectivity index (χ0n) is 7.10. The van der Waals surface area contributed by atoms with Crippen LogP contribution >= 0.6 is 0 Å². The van der Waals surface area contributed by atoms with Gasteiger partial charge in [-0.25, -0.2) is 4.79 Å². The van der Waals surface area contributed by atoms with Gasteiger partial charge in [-0.1, -0.05) is 11.8 Å². The van der Waals surface area contributed by atoms with Gasteiger partial charge in [-0.2, -0.15) is 5.01 Å². The summed E-state index contributed by atoms with van der Waals surface area (Å²) in [5.74, 6) is -0.526. The number of urea groups is 1. The van der Waals surface area contributed by atoms with Crippen molar-refractivity contribution in [1.82, 2.24) is 21.0 Å². The van der Waals surface area contributed by atoms with Crippen molar-refractivity contribution in [3.05, 3.63) is 24.6 Å². The van der Waals surface area contributed by atoms with Gasteiger partial charge in [0.1, 0.15) is 5.70 Å². The minimum Gasteiger partial charge on any atom is -0.271 e. The van der Waals surface area contributed by atoms with Crippen molar-refractivity contribution in [2.75, 3.05) is 0 Å². The van der Waals surface area contributed by atoms with Gasteiger partial charge in [0.15, 0.2) is 0 Å². The molecule has 3 amide bonds. The van der Waals surface area contributed by atoms with E-state index in [2.05, 4.69) is 22.4 Å². The normalized spacial score (nSPS) is 20.1. The van der Waals surface area contributed by atoms with E-state index in [9.17, 15) is 9.59 Å². The standard InChI is InChI=1S/C7H7N5O2/c1-5-6(13)10-7(14)11(5)12-8-3-2-4-9-12/h2-4,8H,1H2,(H,10,13,14). The fourth-order valence-corrected chi connectivity index (χ4v) is 1.04. The second kappa shape index (κ2) is 2.87. The van der Waals surface area contributed by atoms with Crippen LogP contribution < -0.4 is 10.7 Å². The van der Waals surface area contributed by atoms with Crippen LogP contribution in [0, 0.1) is 0 Å². The van der Waals surface area contributed by atoms with E-state index in [1.165, 1.54) is 6.21 Å². The van der Waals surface area contributed by atoms with Gasteiger partial charge in [0.05, 0.1) is 6.21 Å². The number of allylic oxidation sites excluding steroid dienone is 1. The third kappa shape index (κ3) is 1.11. The van der Waals surface area contributed by atoms with Gasteiger partial charge in [0.2, 0.25) is 0 Å². The maximum absolute atomic E-state index is 11.2. The molecule has 0 aromatic carbocycles. The number of nitrogens with one attached hydrogen (secondary N) is 2. The Labute approximate surface area is 79.3 Å². The van der Waals surface area contributed by atoms with Crippen molar-refractivity contribution in [1.29, 1.82) is 0 Å². The summed E-state index contributed by atoms with van der Waals surface area (Å²) in [5.41, 5.74) is 2.67. The van der Waals surface area contributed by atoms with Gasteiger partial charge in [0, 0.05) is 6.20 Å². The summed E-state index contributed by atoms with van der Waals surface area (Å²) in [6, 6.07) is -0.583. The molecule has 1 fully saturated rings. The molecule has 0 unspecified atom stereocenters. The van der Waals surface area contributed by atoms with Crippen LogP contribution in [0.15, 0.2) is 29.7 Å². The third-order valence-electron chi connectivity index (χ3n) is 1.67. The maximum atomic E-state index is 11.2. The van der Waals surface area contributed by atoms with E-state index in [4.69, 9.17) is 0 Å². The summed E-state index contributed by atoms with van der Waals surface area (Å²) >= 11 is 0. The summed E-state index contributed by atoms with van der Waals surface area (Å²) in [7, 11) is 0. The lowest BCUT2D eigenvalue weighted by Gasteiger charge is -2.27. The molecule has 0 aromatic rings. The summed E-state index contributed by atoms with van der Waals surface area (Å²) in [4.78, 5) is 22.3. The highest BCUT2D eigenvalue weighted by atomic mass is 16.2. The number of carbonyl (C=O) groups is 2. The first-order valence-electron chi connectivity index (χ1n) is 3.80. The number of hydrogen-bond donors (Lipinski definition) is 2. The lowest BCUT2D eigenvalue weighted by atomic mass is 10.5. The quantitative estimate of drug-likeness (QED) is 0.426. The van der Waals surface area contributed by atoms with Gasteiger partial charge in [-0.3, -0.25) is 15.5 Å². The van der Waals surface area contributed by atoms with Crippen LogP contribution in [0.25, 0.3) is 0 Å². The fraction of sp³-hybridized carbons (Fsp3) is 0. The molecule has 72 valence electrons. The smallest absolute Gasteiger partial charge is 0.271 e. The Morgan fingerprint density at radius 2 is 2.21 bits per heavy atom. The molecular formula is C7H7N5O2. The molecule has 7 heteroatoms. The van der Waals surface area contributed by atoms with Gasteiger partial charge in [-0.05, 0) is 6.08 Å². The highest BCUT2D eigenvalue weighted by Gasteiger charge is 2.36. The predicted molar refractivity (Wildman–Crippen MR) is 47.1 cm³/mol. The molecule has 2 aliphatic heterocycles. The van der Waals surface area contributed by atoms with Crippen molar-refractivity contribution in [2.45, 2.75) is 0 Å². The molecule has 0 bridgehead atoms. The number of amides is 3. The van der Waals surface area contributed by atoms with Crippen LogP contribution in [0.2, 0.25) is 0 Å². The monoisotopic (exact) mass is 193 g/mol. The molecule has 14 heavy (non-hydrogen) atoms. The Morgan fingerprint density at radius 3 is 2.71 bits per heavy atom. The Balaban J connectivity index is 2.22. The first-order valence-corrected chi connectivity index (χ1v) is 3.80. The number of nitrogens with zero attached hydrogens (tertiary/aromatic N) is 3. The number of carbonyl (C=O) groups excluding carboxylic acids is 2. The highest BCUT2D eigenvalue weighted by Crippen LogP contribution is 2.13. The molecule has 7 nitrogen and oxygen atoms in total. The van der Waals surface area contributed by atoms with Gasteiger partial charge < -0.3 is 0 Å². The van der Waals surface area contributed by atoms with Crippen LogP contribution in [-0.2, 0) is 4.79 Å².